The molecule has 0 saturated carbocycles. The van der Waals surface area contributed by atoms with E-state index in [4.69, 9.17) is 23.7 Å². The van der Waals surface area contributed by atoms with Gasteiger partial charge in [-0.2, -0.15) is 0 Å². The molecule has 2 aromatic rings. The van der Waals surface area contributed by atoms with Gasteiger partial charge in [-0.3, -0.25) is 10.1 Å². The minimum absolute atomic E-state index is 0.152. The summed E-state index contributed by atoms with van der Waals surface area (Å²) in [6.07, 6.45) is 2.10. The lowest BCUT2D eigenvalue weighted by Gasteiger charge is -2.14. The van der Waals surface area contributed by atoms with Crippen molar-refractivity contribution in [1.82, 2.24) is 0 Å². The first-order valence-electron chi connectivity index (χ1n) is 7.95. The average molecular weight is 389 g/mol. The molecular weight excluding hydrogens is 370 g/mol. The molecule has 2 aromatic carbocycles. The van der Waals surface area contributed by atoms with Crippen LogP contribution in [-0.2, 0) is 0 Å². The molecule has 0 aromatic heterocycles. The Morgan fingerprint density at radius 1 is 0.893 bits per heavy atom. The molecule has 0 N–H and O–H groups in total. The van der Waals surface area contributed by atoms with Crippen LogP contribution in [0.5, 0.6) is 28.7 Å². The summed E-state index contributed by atoms with van der Waals surface area (Å²) in [5.74, 6) is 0.681. The third kappa shape index (κ3) is 4.70. The molecular formula is C19H19NO8. The summed E-state index contributed by atoms with van der Waals surface area (Å²) in [5.41, 5.74) is 0.690. The molecule has 0 spiro atoms. The van der Waals surface area contributed by atoms with Gasteiger partial charge in [-0.05, 0) is 29.8 Å². The minimum Gasteiger partial charge on any atom is -0.493 e. The van der Waals surface area contributed by atoms with Crippen molar-refractivity contribution in [3.05, 3.63) is 57.8 Å². The first kappa shape index (κ1) is 20.6. The predicted molar refractivity (Wildman–Crippen MR) is 100 cm³/mol. The fraction of sp³-hybridized carbons (Fsp3) is 0.211. The van der Waals surface area contributed by atoms with Crippen molar-refractivity contribution in [2.75, 3.05) is 28.4 Å². The molecule has 0 atom stereocenters. The molecule has 0 heterocycles. The largest absolute Gasteiger partial charge is 0.493 e. The Labute approximate surface area is 161 Å². The van der Waals surface area contributed by atoms with Gasteiger partial charge in [-0.1, -0.05) is 6.07 Å². The average Bonchev–Trinajstić information content (AvgIpc) is 2.71. The van der Waals surface area contributed by atoms with Crippen LogP contribution in [0.2, 0.25) is 0 Å². The highest BCUT2D eigenvalue weighted by molar-refractivity contribution is 5.93. The topological polar surface area (TPSA) is 106 Å². The smallest absolute Gasteiger partial charge is 0.343 e. The van der Waals surface area contributed by atoms with Gasteiger partial charge in [0.1, 0.15) is 0 Å². The number of nitro groups is 1. The van der Waals surface area contributed by atoms with Crippen molar-refractivity contribution in [3.8, 4) is 28.7 Å². The number of carbonyl (C=O) groups excluding carboxylic acids is 1. The van der Waals surface area contributed by atoms with Crippen LogP contribution in [0.3, 0.4) is 0 Å². The van der Waals surface area contributed by atoms with E-state index in [0.717, 1.165) is 6.20 Å². The van der Waals surface area contributed by atoms with Gasteiger partial charge in [-0.25, -0.2) is 4.79 Å². The van der Waals surface area contributed by atoms with E-state index in [9.17, 15) is 14.9 Å². The molecule has 9 nitrogen and oxygen atoms in total. The molecule has 0 radical (unpaired) electrons. The number of nitrogens with zero attached hydrogens (tertiary/aromatic N) is 1. The van der Waals surface area contributed by atoms with Gasteiger partial charge >= 0.3 is 5.97 Å². The van der Waals surface area contributed by atoms with E-state index in [-0.39, 0.29) is 17.1 Å². The number of benzene rings is 2. The third-order valence-corrected chi connectivity index (χ3v) is 3.68. The van der Waals surface area contributed by atoms with E-state index in [1.807, 2.05) is 0 Å². The summed E-state index contributed by atoms with van der Waals surface area (Å²) in [4.78, 5) is 22.4. The zero-order chi connectivity index (χ0) is 20.7. The first-order valence-corrected chi connectivity index (χ1v) is 7.95. The second-order valence-electron chi connectivity index (χ2n) is 5.31. The lowest BCUT2D eigenvalue weighted by atomic mass is 10.1. The number of rotatable bonds is 8. The molecule has 28 heavy (non-hydrogen) atoms. The van der Waals surface area contributed by atoms with E-state index in [1.165, 1.54) is 58.8 Å². The van der Waals surface area contributed by atoms with Gasteiger partial charge in [0.15, 0.2) is 23.0 Å². The molecule has 148 valence electrons. The van der Waals surface area contributed by atoms with Gasteiger partial charge in [0, 0.05) is 6.08 Å². The number of esters is 1. The molecule has 0 saturated heterocycles. The molecule has 0 aliphatic rings. The molecule has 9 heteroatoms. The Kier molecular flexibility index (Phi) is 6.80. The van der Waals surface area contributed by atoms with Gasteiger partial charge in [0.2, 0.25) is 11.9 Å². The van der Waals surface area contributed by atoms with E-state index < -0.39 is 10.9 Å². The number of hydrogen-bond acceptors (Lipinski definition) is 8. The number of methoxy groups -OCH3 is 4. The van der Waals surface area contributed by atoms with Crippen molar-refractivity contribution >= 4 is 12.0 Å². The van der Waals surface area contributed by atoms with Gasteiger partial charge in [0.25, 0.3) is 0 Å². The molecule has 0 unspecified atom stereocenters. The summed E-state index contributed by atoms with van der Waals surface area (Å²) in [5, 5.41) is 10.4. The lowest BCUT2D eigenvalue weighted by Crippen LogP contribution is -2.10. The molecule has 0 aliphatic heterocycles. The van der Waals surface area contributed by atoms with Crippen LogP contribution in [-0.4, -0.2) is 39.3 Å². The van der Waals surface area contributed by atoms with Crippen LogP contribution in [0.4, 0.5) is 0 Å². The third-order valence-electron chi connectivity index (χ3n) is 3.68. The number of hydrogen-bond donors (Lipinski definition) is 0. The zero-order valence-electron chi connectivity index (χ0n) is 15.8. The SMILES string of the molecule is COc1cc(C=C[N+](=O)[O-])ccc1OC(=O)c1cc(OC)c(OC)c(OC)c1. The molecule has 0 amide bonds. The highest BCUT2D eigenvalue weighted by Gasteiger charge is 2.19. The molecule has 2 rings (SSSR count). The van der Waals surface area contributed by atoms with Crippen LogP contribution in [0.15, 0.2) is 36.5 Å². The Hall–Kier alpha value is -3.75. The van der Waals surface area contributed by atoms with E-state index >= 15 is 0 Å². The molecule has 0 aliphatic carbocycles. The number of carbonyl (C=O) groups is 1. The normalized spacial score (nSPS) is 10.4. The second kappa shape index (κ2) is 9.26. The van der Waals surface area contributed by atoms with Gasteiger partial charge in [0.05, 0.1) is 38.9 Å². The van der Waals surface area contributed by atoms with Crippen LogP contribution in [0, 0.1) is 10.1 Å². The Balaban J connectivity index is 2.33. The lowest BCUT2D eigenvalue weighted by molar-refractivity contribution is -0.400. The fourth-order valence-corrected chi connectivity index (χ4v) is 2.38. The summed E-state index contributed by atoms with van der Waals surface area (Å²) < 4.78 is 26.3. The van der Waals surface area contributed by atoms with Crippen LogP contribution in [0.25, 0.3) is 6.08 Å². The van der Waals surface area contributed by atoms with Crippen molar-refractivity contribution in [2.45, 2.75) is 0 Å². The second-order valence-corrected chi connectivity index (χ2v) is 5.31. The summed E-state index contributed by atoms with van der Waals surface area (Å²) >= 11 is 0. The van der Waals surface area contributed by atoms with Crippen molar-refractivity contribution in [2.24, 2.45) is 0 Å². The zero-order valence-corrected chi connectivity index (χ0v) is 15.8. The standard InChI is InChI=1S/C19H19NO8/c1-24-15-9-12(7-8-20(22)23)5-6-14(15)28-19(21)13-10-16(25-2)18(27-4)17(11-13)26-3/h5-11H,1-4H3. The Morgan fingerprint density at radius 2 is 1.50 bits per heavy atom. The van der Waals surface area contributed by atoms with Crippen molar-refractivity contribution in [3.63, 3.8) is 0 Å². The maximum absolute atomic E-state index is 12.6. The predicted octanol–water partition coefficient (Wildman–Crippen LogP) is 3.19. The summed E-state index contributed by atoms with van der Waals surface area (Å²) in [6, 6.07) is 7.47. The van der Waals surface area contributed by atoms with Gasteiger partial charge < -0.3 is 23.7 Å². The maximum Gasteiger partial charge on any atom is 0.343 e. The van der Waals surface area contributed by atoms with Crippen LogP contribution in [0.1, 0.15) is 15.9 Å². The Bertz CT molecular complexity index is 882. The molecule has 0 bridgehead atoms. The van der Waals surface area contributed by atoms with Gasteiger partial charge in [-0.15, -0.1) is 0 Å². The van der Waals surface area contributed by atoms with E-state index in [2.05, 4.69) is 0 Å². The number of ether oxygens (including phenoxy) is 5. The quantitative estimate of drug-likeness (QED) is 0.293. The van der Waals surface area contributed by atoms with Crippen molar-refractivity contribution in [1.29, 1.82) is 0 Å². The fourth-order valence-electron chi connectivity index (χ4n) is 2.38. The van der Waals surface area contributed by atoms with E-state index in [1.54, 1.807) is 6.07 Å². The van der Waals surface area contributed by atoms with Crippen LogP contribution < -0.4 is 23.7 Å². The van der Waals surface area contributed by atoms with Crippen molar-refractivity contribution < 1.29 is 33.4 Å². The summed E-state index contributed by atoms with van der Waals surface area (Å²) in [7, 11) is 5.73. The highest BCUT2D eigenvalue weighted by atomic mass is 16.6. The van der Waals surface area contributed by atoms with E-state index in [0.29, 0.717) is 22.8 Å². The monoisotopic (exact) mass is 389 g/mol. The highest BCUT2D eigenvalue weighted by Crippen LogP contribution is 2.38. The summed E-state index contributed by atoms with van der Waals surface area (Å²) in [6.45, 7) is 0. The first-order chi connectivity index (χ1) is 13.4. The maximum atomic E-state index is 12.6. The molecule has 0 fully saturated rings. The van der Waals surface area contributed by atoms with Crippen LogP contribution >= 0.6 is 0 Å². The minimum atomic E-state index is -0.675. The Morgan fingerprint density at radius 3 is 2.00 bits per heavy atom.